The number of aliphatic carboxylic acids is 1. The number of hydrogen-bond acceptors (Lipinski definition) is 21. The number of carboxylic acids is 1. The van der Waals surface area contributed by atoms with Gasteiger partial charge in [-0.3, -0.25) is 57.7 Å². The Morgan fingerprint density at radius 2 is 1.31 bits per heavy atom. The SMILES string of the molecule is CC(C)CC(=NCCCC[C@@H]1NC(=O)[C@H](Cc2c[nH]c3ccccc23)NC(=O)[C@H](Cc2ccc(O)cc2)NC(=O)[C@@H](NC(=O)[C@@H](Cc2ccccc2)NC(=O)CNC(=O)[C@H](CO)NC(=O)CN)CSSC[C@@H](C(=O)N[C@H](C(=O)O)[C@@H](C)O)NC(=O)[C@@H]([C@@H](C)O)NC1=O)C1=C(O)CC(C)(C)CC1=O. The molecule has 4 aromatic rings. The maximum atomic E-state index is 15.3. The lowest BCUT2D eigenvalue weighted by molar-refractivity contribution is -0.145. The summed E-state index contributed by atoms with van der Waals surface area (Å²) in [5, 5.41) is 88.6. The van der Waals surface area contributed by atoms with E-state index in [0.29, 0.717) is 39.7 Å². The highest BCUT2D eigenvalue weighted by atomic mass is 33.1. The first-order chi connectivity index (χ1) is 48.4. The minimum Gasteiger partial charge on any atom is -0.511 e. The maximum Gasteiger partial charge on any atom is 0.328 e. The number of amides is 10. The highest BCUT2D eigenvalue weighted by Crippen LogP contribution is 2.37. The maximum absolute atomic E-state index is 15.3. The monoisotopic (exact) mass is 1460 g/mol. The van der Waals surface area contributed by atoms with Gasteiger partial charge in [0.05, 0.1) is 37.5 Å². The number of carbonyl (C=O) groups excluding carboxylic acids is 11. The molecule has 102 heavy (non-hydrogen) atoms. The molecule has 19 N–H and O–H groups in total. The predicted octanol–water partition coefficient (Wildman–Crippen LogP) is -0.568. The molecule has 31 nitrogen and oxygen atoms in total. The molecule has 2 heterocycles. The van der Waals surface area contributed by atoms with Gasteiger partial charge in [-0.05, 0) is 85.8 Å². The van der Waals surface area contributed by atoms with E-state index in [1.54, 1.807) is 60.8 Å². The summed E-state index contributed by atoms with van der Waals surface area (Å²) in [6.07, 6.45) is -1.67. The first-order valence-electron chi connectivity index (χ1n) is 33.4. The second-order valence-electron chi connectivity index (χ2n) is 26.3. The predicted molar refractivity (Wildman–Crippen MR) is 380 cm³/mol. The number of rotatable bonds is 28. The van der Waals surface area contributed by atoms with E-state index in [1.807, 2.05) is 27.7 Å². The number of benzene rings is 3. The van der Waals surface area contributed by atoms with Crippen LogP contribution in [-0.2, 0) is 76.8 Å². The van der Waals surface area contributed by atoms with E-state index < -0.39 is 168 Å². The first-order valence-corrected chi connectivity index (χ1v) is 35.8. The topological polar surface area (TPSA) is 501 Å². The number of phenols is 1. The minimum absolute atomic E-state index is 0.0260. The molecule has 3 aromatic carbocycles. The Labute approximate surface area is 597 Å². The average molecular weight is 1460 g/mol. The number of hydrogen-bond donors (Lipinski definition) is 18. The van der Waals surface area contributed by atoms with Crippen LogP contribution in [-0.4, -0.2) is 216 Å². The zero-order valence-electron chi connectivity index (χ0n) is 57.5. The van der Waals surface area contributed by atoms with E-state index in [0.717, 1.165) is 35.4 Å². The lowest BCUT2D eigenvalue weighted by Gasteiger charge is -2.30. The molecule has 0 saturated carbocycles. The summed E-state index contributed by atoms with van der Waals surface area (Å²) in [5.41, 5.74) is 7.47. The molecular weight excluding hydrogens is 1360 g/mol. The van der Waals surface area contributed by atoms with Gasteiger partial charge in [-0.25, -0.2) is 4.79 Å². The van der Waals surface area contributed by atoms with Gasteiger partial charge in [0.1, 0.15) is 59.8 Å². The lowest BCUT2D eigenvalue weighted by atomic mass is 9.75. The molecule has 33 heteroatoms. The van der Waals surface area contributed by atoms with Crippen molar-refractivity contribution in [2.75, 3.05) is 37.7 Å². The van der Waals surface area contributed by atoms with Gasteiger partial charge < -0.3 is 94.5 Å². The molecule has 1 aromatic heterocycles. The van der Waals surface area contributed by atoms with Crippen LogP contribution in [0.1, 0.15) is 96.8 Å². The number of aromatic nitrogens is 1. The number of H-pyrrole nitrogens is 1. The fourth-order valence-corrected chi connectivity index (χ4v) is 13.6. The van der Waals surface area contributed by atoms with E-state index >= 15 is 14.4 Å². The summed E-state index contributed by atoms with van der Waals surface area (Å²) >= 11 is 0. The highest BCUT2D eigenvalue weighted by molar-refractivity contribution is 8.76. The Morgan fingerprint density at radius 3 is 1.95 bits per heavy atom. The second kappa shape index (κ2) is 39.1. The molecule has 11 atom stereocenters. The fraction of sp³-hybridized carbons (Fsp3) is 0.493. The fourth-order valence-electron chi connectivity index (χ4n) is 11.3. The molecular formula is C69H93N13O18S2. The molecule has 6 rings (SSSR count). The molecule has 0 unspecified atom stereocenters. The number of aliphatic hydroxyl groups is 4. The van der Waals surface area contributed by atoms with Crippen molar-refractivity contribution in [2.24, 2.45) is 22.1 Å². The van der Waals surface area contributed by atoms with Crippen molar-refractivity contribution in [3.8, 4) is 5.75 Å². The number of aliphatic hydroxyl groups excluding tert-OH is 4. The number of carbonyl (C=O) groups is 12. The van der Waals surface area contributed by atoms with Crippen LogP contribution in [0.4, 0.5) is 0 Å². The Kier molecular flexibility index (Phi) is 31.3. The first kappa shape index (κ1) is 81.6. The third kappa shape index (κ3) is 25.0. The van der Waals surface area contributed by atoms with Gasteiger partial charge in [0.2, 0.25) is 59.1 Å². The Morgan fingerprint density at radius 1 is 0.686 bits per heavy atom. The van der Waals surface area contributed by atoms with Gasteiger partial charge in [-0.2, -0.15) is 0 Å². The number of aromatic hydroxyl groups is 1. The number of allylic oxidation sites excluding steroid dienone is 2. The van der Waals surface area contributed by atoms with Crippen molar-refractivity contribution in [1.29, 1.82) is 0 Å². The largest absolute Gasteiger partial charge is 0.511 e. The second-order valence-corrected chi connectivity index (χ2v) is 28.9. The van der Waals surface area contributed by atoms with Crippen LogP contribution < -0.4 is 58.9 Å². The molecule has 2 aliphatic rings. The number of ketones is 1. The molecule has 1 aliphatic heterocycles. The van der Waals surface area contributed by atoms with Gasteiger partial charge in [0.25, 0.3) is 0 Å². The number of para-hydroxylation sites is 1. The molecule has 0 spiro atoms. The van der Waals surface area contributed by atoms with Gasteiger partial charge >= 0.3 is 5.97 Å². The van der Waals surface area contributed by atoms with Gasteiger partial charge in [0, 0.05) is 73.0 Å². The zero-order valence-corrected chi connectivity index (χ0v) is 59.2. The number of nitrogens with two attached hydrogens (primary N) is 1. The normalized spacial score (nSPS) is 21.3. The van der Waals surface area contributed by atoms with Crippen molar-refractivity contribution in [1.82, 2.24) is 58.2 Å². The molecule has 10 amide bonds. The number of fused-ring (bicyclic) bond motifs is 1. The van der Waals surface area contributed by atoms with Crippen molar-refractivity contribution < 1.29 is 88.2 Å². The van der Waals surface area contributed by atoms with Crippen LogP contribution in [0.5, 0.6) is 5.75 Å². The van der Waals surface area contributed by atoms with Crippen molar-refractivity contribution in [2.45, 2.75) is 166 Å². The van der Waals surface area contributed by atoms with Crippen LogP contribution in [0, 0.1) is 11.3 Å². The number of carboxylic acid groups (broad SMARTS) is 1. The van der Waals surface area contributed by atoms with Crippen molar-refractivity contribution >= 4 is 109 Å². The molecule has 0 bridgehead atoms. The van der Waals surface area contributed by atoms with Crippen LogP contribution in [0.15, 0.2) is 101 Å². The summed E-state index contributed by atoms with van der Waals surface area (Å²) in [4.78, 5) is 177. The number of phenolic OH excluding ortho intramolecular Hbond substituents is 1. The molecule has 0 radical (unpaired) electrons. The number of nitrogens with zero attached hydrogens (tertiary/aromatic N) is 1. The summed E-state index contributed by atoms with van der Waals surface area (Å²) in [6.45, 7) is 7.78. The molecule has 1 saturated heterocycles. The van der Waals surface area contributed by atoms with Gasteiger partial charge in [0.15, 0.2) is 11.8 Å². The quantitative estimate of drug-likeness (QED) is 0.0192. The molecule has 1 fully saturated rings. The van der Waals surface area contributed by atoms with E-state index in [9.17, 15) is 73.8 Å². The van der Waals surface area contributed by atoms with E-state index in [-0.39, 0.29) is 86.7 Å². The van der Waals surface area contributed by atoms with Crippen molar-refractivity contribution in [3.05, 3.63) is 113 Å². The third-order valence-corrected chi connectivity index (χ3v) is 19.0. The van der Waals surface area contributed by atoms with Crippen LogP contribution >= 0.6 is 21.6 Å². The number of nitrogens with one attached hydrogen (secondary N) is 11. The minimum atomic E-state index is -1.93. The van der Waals surface area contributed by atoms with E-state index in [1.165, 1.54) is 24.3 Å². The summed E-state index contributed by atoms with van der Waals surface area (Å²) in [6, 6.07) is 5.78. The molecule has 554 valence electrons. The van der Waals surface area contributed by atoms with Gasteiger partial charge in [-0.1, -0.05) is 110 Å². The Bertz CT molecular complexity index is 3700. The van der Waals surface area contributed by atoms with Gasteiger partial charge in [-0.15, -0.1) is 0 Å². The number of Topliss-reactive ketones (excluding diaryl/α,β-unsaturated/α-hetero) is 1. The van der Waals surface area contributed by atoms with E-state index in [2.05, 4.69) is 58.2 Å². The van der Waals surface area contributed by atoms with Crippen LogP contribution in [0.2, 0.25) is 0 Å². The number of aromatic amines is 1. The summed E-state index contributed by atoms with van der Waals surface area (Å²) < 4.78 is 0. The summed E-state index contributed by atoms with van der Waals surface area (Å²) in [7, 11) is 1.61. The van der Waals surface area contributed by atoms with Crippen LogP contribution in [0.3, 0.4) is 0 Å². The number of unbranched alkanes of at least 4 members (excludes halogenated alkanes) is 1. The molecule has 1 aliphatic carbocycles. The standard InChI is InChI=1S/C69H93N13O18S2/c1-36(2)24-46(57-53(87)28-69(5,6)29-54(57)88)71-23-13-12-18-45-61(92)81-58(37(3)84)67(98)80-52(66(97)82-59(38(4)85)68(99)100)35-102-101-34-51(79-62(93)47(25-39-14-8-7-9-15-39)74-56(90)32-73-60(91)50(33-83)75-55(89)30-70)65(96)77-48(26-40-19-21-42(86)22-20-40)63(94)78-49(64(95)76-45)27-41-31-72-44-17-11-10-16-43(41)44/h7-11,14-17,19-22,31,36-38,45,47-52,58-59,72,83-87H,12-13,18,23-30,32-35,70H2,1-6H3,(H,73,91)(H,74,90)(H,75,89)(H,76,95)(H,77,96)(H,78,94)(H,79,93)(H,80,98)(H,81,92)(H,82,97)(H,99,100)/t37-,38-,45+,47-,48+,49+,50+,51+,52+,58-,59+/m1/s1. The number of aliphatic imine (C=N–C) groups is 1. The summed E-state index contributed by atoms with van der Waals surface area (Å²) in [5.74, 6) is -13.1. The Balaban J connectivity index is 1.43. The lowest BCUT2D eigenvalue weighted by Crippen LogP contribution is -2.62. The van der Waals surface area contributed by atoms with Crippen LogP contribution in [0.25, 0.3) is 10.9 Å². The smallest absolute Gasteiger partial charge is 0.328 e. The zero-order chi connectivity index (χ0) is 75.0. The van der Waals surface area contributed by atoms with E-state index in [4.69, 9.17) is 10.7 Å². The average Bonchev–Trinajstić information content (AvgIpc) is 0.941. The highest BCUT2D eigenvalue weighted by Gasteiger charge is 2.39. The van der Waals surface area contributed by atoms with Crippen molar-refractivity contribution in [3.63, 3.8) is 0 Å². The Hall–Kier alpha value is -9.41. The third-order valence-electron chi connectivity index (χ3n) is 16.6.